The number of aliphatic hydroxyl groups is 1. The fraction of sp³-hybridized carbons (Fsp3) is 0.176. The summed E-state index contributed by atoms with van der Waals surface area (Å²) in [5, 5.41) is 8.87. The third-order valence-electron chi connectivity index (χ3n) is 3.05. The normalized spacial score (nSPS) is 10.3. The van der Waals surface area contributed by atoms with E-state index in [0.717, 1.165) is 18.4 Å². The molecule has 0 aliphatic heterocycles. The summed E-state index contributed by atoms with van der Waals surface area (Å²) in [4.78, 5) is 0. The zero-order chi connectivity index (χ0) is 12.8. The van der Waals surface area contributed by atoms with E-state index in [2.05, 4.69) is 55.1 Å². The fourth-order valence-electron chi connectivity index (χ4n) is 1.96. The Hall–Kier alpha value is -1.86. The van der Waals surface area contributed by atoms with Crippen molar-refractivity contribution in [2.75, 3.05) is 6.61 Å². The number of hydrogen-bond acceptors (Lipinski definition) is 1. The molecule has 0 bridgehead atoms. The second-order valence-corrected chi connectivity index (χ2v) is 4.41. The molecule has 0 aromatic heterocycles. The Morgan fingerprint density at radius 3 is 1.83 bits per heavy atom. The third-order valence-corrected chi connectivity index (χ3v) is 3.05. The molecule has 2 rings (SSSR count). The lowest BCUT2D eigenvalue weighted by Gasteiger charge is -2.04. The Labute approximate surface area is 108 Å². The van der Waals surface area contributed by atoms with Gasteiger partial charge < -0.3 is 5.11 Å². The Kier molecular flexibility index (Phi) is 4.32. The monoisotopic (exact) mass is 238 g/mol. The van der Waals surface area contributed by atoms with Crippen LogP contribution in [0.3, 0.4) is 0 Å². The van der Waals surface area contributed by atoms with Gasteiger partial charge in [-0.3, -0.25) is 0 Å². The summed E-state index contributed by atoms with van der Waals surface area (Å²) in [6.45, 7) is 3.96. The first kappa shape index (κ1) is 12.6. The van der Waals surface area contributed by atoms with Crippen LogP contribution in [0.25, 0.3) is 6.08 Å². The van der Waals surface area contributed by atoms with Gasteiger partial charge in [-0.1, -0.05) is 61.2 Å². The van der Waals surface area contributed by atoms with Crippen molar-refractivity contribution >= 4 is 6.08 Å². The first-order valence-corrected chi connectivity index (χ1v) is 6.22. The van der Waals surface area contributed by atoms with Crippen LogP contribution >= 0.6 is 0 Å². The number of hydrogen-bond donors (Lipinski definition) is 1. The largest absolute Gasteiger partial charge is 0.396 e. The minimum absolute atomic E-state index is 0.211. The summed E-state index contributed by atoms with van der Waals surface area (Å²) in [6.07, 6.45) is 3.53. The molecule has 0 radical (unpaired) electrons. The molecule has 0 fully saturated rings. The molecule has 92 valence electrons. The van der Waals surface area contributed by atoms with Gasteiger partial charge in [0.05, 0.1) is 0 Å². The predicted molar refractivity (Wildman–Crippen MR) is 76.6 cm³/mol. The third kappa shape index (κ3) is 3.31. The molecule has 0 heterocycles. The van der Waals surface area contributed by atoms with Gasteiger partial charge in [0, 0.05) is 6.61 Å². The van der Waals surface area contributed by atoms with E-state index in [0.29, 0.717) is 0 Å². The molecule has 0 unspecified atom stereocenters. The SMILES string of the molecule is C=Cc1ccc(Cc2ccc(CCO)cc2)cc1. The van der Waals surface area contributed by atoms with Crippen LogP contribution in [0.4, 0.5) is 0 Å². The highest BCUT2D eigenvalue weighted by Crippen LogP contribution is 2.12. The number of benzene rings is 2. The van der Waals surface area contributed by atoms with Crippen LogP contribution in [-0.4, -0.2) is 11.7 Å². The number of aliphatic hydroxyl groups excluding tert-OH is 1. The average Bonchev–Trinajstić information content (AvgIpc) is 2.42. The summed E-state index contributed by atoms with van der Waals surface area (Å²) in [7, 11) is 0. The highest BCUT2D eigenvalue weighted by atomic mass is 16.2. The Bertz CT molecular complexity index is 494. The van der Waals surface area contributed by atoms with Gasteiger partial charge >= 0.3 is 0 Å². The summed E-state index contributed by atoms with van der Waals surface area (Å²) in [5.41, 5.74) is 4.93. The van der Waals surface area contributed by atoms with Crippen molar-refractivity contribution in [2.24, 2.45) is 0 Å². The van der Waals surface area contributed by atoms with Crippen LogP contribution < -0.4 is 0 Å². The molecule has 1 nitrogen and oxygen atoms in total. The lowest BCUT2D eigenvalue weighted by atomic mass is 10.0. The van der Waals surface area contributed by atoms with Crippen LogP contribution in [0.1, 0.15) is 22.3 Å². The maximum absolute atomic E-state index is 8.87. The van der Waals surface area contributed by atoms with Gasteiger partial charge in [0.15, 0.2) is 0 Å². The van der Waals surface area contributed by atoms with E-state index in [1.54, 1.807) is 0 Å². The molecule has 0 atom stereocenters. The van der Waals surface area contributed by atoms with Crippen LogP contribution in [0.15, 0.2) is 55.1 Å². The van der Waals surface area contributed by atoms with E-state index in [1.807, 2.05) is 6.08 Å². The lowest BCUT2D eigenvalue weighted by molar-refractivity contribution is 0.299. The van der Waals surface area contributed by atoms with Gasteiger partial charge in [-0.05, 0) is 35.1 Å². The van der Waals surface area contributed by atoms with Crippen molar-refractivity contribution in [2.45, 2.75) is 12.8 Å². The quantitative estimate of drug-likeness (QED) is 0.845. The van der Waals surface area contributed by atoms with Crippen LogP contribution in [0.5, 0.6) is 0 Å². The molecule has 0 aliphatic carbocycles. The molecule has 1 N–H and O–H groups in total. The predicted octanol–water partition coefficient (Wildman–Crippen LogP) is 3.46. The summed E-state index contributed by atoms with van der Waals surface area (Å²) in [6, 6.07) is 16.9. The molecule has 0 amide bonds. The van der Waals surface area contributed by atoms with Crippen molar-refractivity contribution in [3.8, 4) is 0 Å². The van der Waals surface area contributed by atoms with Crippen molar-refractivity contribution < 1.29 is 5.11 Å². The highest BCUT2D eigenvalue weighted by Gasteiger charge is 1.97. The van der Waals surface area contributed by atoms with E-state index in [4.69, 9.17) is 5.11 Å². The Balaban J connectivity index is 2.05. The molecule has 0 spiro atoms. The van der Waals surface area contributed by atoms with Crippen molar-refractivity contribution in [3.05, 3.63) is 77.4 Å². The molecule has 0 aliphatic rings. The minimum Gasteiger partial charge on any atom is -0.396 e. The zero-order valence-corrected chi connectivity index (χ0v) is 10.5. The molecule has 1 heteroatoms. The van der Waals surface area contributed by atoms with E-state index in [9.17, 15) is 0 Å². The van der Waals surface area contributed by atoms with E-state index in [1.165, 1.54) is 16.7 Å². The van der Waals surface area contributed by atoms with E-state index >= 15 is 0 Å². The van der Waals surface area contributed by atoms with Gasteiger partial charge in [0.1, 0.15) is 0 Å². The first-order valence-electron chi connectivity index (χ1n) is 6.22. The summed E-state index contributed by atoms with van der Waals surface area (Å²) in [5.74, 6) is 0. The number of rotatable bonds is 5. The molecule has 0 saturated heterocycles. The second kappa shape index (κ2) is 6.18. The molecule has 2 aromatic carbocycles. The summed E-state index contributed by atoms with van der Waals surface area (Å²) < 4.78 is 0. The van der Waals surface area contributed by atoms with Gasteiger partial charge in [-0.25, -0.2) is 0 Å². The summed E-state index contributed by atoms with van der Waals surface area (Å²) >= 11 is 0. The van der Waals surface area contributed by atoms with Crippen LogP contribution in [0, 0.1) is 0 Å². The van der Waals surface area contributed by atoms with Gasteiger partial charge in [-0.2, -0.15) is 0 Å². The molecular weight excluding hydrogens is 220 g/mol. The highest BCUT2D eigenvalue weighted by molar-refractivity contribution is 5.47. The molecular formula is C17H18O. The molecule has 18 heavy (non-hydrogen) atoms. The average molecular weight is 238 g/mol. The van der Waals surface area contributed by atoms with Crippen LogP contribution in [0.2, 0.25) is 0 Å². The van der Waals surface area contributed by atoms with Gasteiger partial charge in [0.2, 0.25) is 0 Å². The molecule has 2 aromatic rings. The standard InChI is InChI=1S/C17H18O/c1-2-14-3-7-16(8-4-14)13-17-9-5-15(6-10-17)11-12-18/h2-10,18H,1,11-13H2. The van der Waals surface area contributed by atoms with E-state index in [-0.39, 0.29) is 6.61 Å². The van der Waals surface area contributed by atoms with Crippen LogP contribution in [-0.2, 0) is 12.8 Å². The Morgan fingerprint density at radius 2 is 1.33 bits per heavy atom. The minimum atomic E-state index is 0.211. The second-order valence-electron chi connectivity index (χ2n) is 4.41. The van der Waals surface area contributed by atoms with Gasteiger partial charge in [-0.15, -0.1) is 0 Å². The van der Waals surface area contributed by atoms with Crippen molar-refractivity contribution in [3.63, 3.8) is 0 Å². The first-order chi connectivity index (χ1) is 8.81. The van der Waals surface area contributed by atoms with Gasteiger partial charge in [0.25, 0.3) is 0 Å². The van der Waals surface area contributed by atoms with E-state index < -0.39 is 0 Å². The van der Waals surface area contributed by atoms with Crippen molar-refractivity contribution in [1.29, 1.82) is 0 Å². The topological polar surface area (TPSA) is 20.2 Å². The zero-order valence-electron chi connectivity index (χ0n) is 10.5. The Morgan fingerprint density at radius 1 is 0.833 bits per heavy atom. The van der Waals surface area contributed by atoms with Crippen molar-refractivity contribution in [1.82, 2.24) is 0 Å². The molecule has 0 saturated carbocycles. The maximum Gasteiger partial charge on any atom is 0.0471 e. The smallest absolute Gasteiger partial charge is 0.0471 e. The fourth-order valence-corrected chi connectivity index (χ4v) is 1.96. The maximum atomic E-state index is 8.87. The lowest BCUT2D eigenvalue weighted by Crippen LogP contribution is -1.92.